The minimum absolute atomic E-state index is 0.0394. The van der Waals surface area contributed by atoms with Crippen molar-refractivity contribution in [1.29, 1.82) is 0 Å². The van der Waals surface area contributed by atoms with Gasteiger partial charge in [0, 0.05) is 6.42 Å². The third kappa shape index (κ3) is 3.98. The summed E-state index contributed by atoms with van der Waals surface area (Å²) >= 11 is 0. The van der Waals surface area contributed by atoms with Crippen LogP contribution < -0.4 is 0 Å². The minimum atomic E-state index is -1.39. The van der Waals surface area contributed by atoms with Gasteiger partial charge in [0.2, 0.25) is 0 Å². The highest BCUT2D eigenvalue weighted by Gasteiger charge is 2.48. The van der Waals surface area contributed by atoms with Crippen LogP contribution in [0.1, 0.15) is 47.0 Å². The number of carbonyl (C=O) groups is 2. The molecular formula is C13H24O5. The van der Waals surface area contributed by atoms with Crippen LogP contribution in [0.3, 0.4) is 0 Å². The Morgan fingerprint density at radius 1 is 1.06 bits per heavy atom. The second kappa shape index (κ2) is 8.08. The molecule has 1 atom stereocenters. The maximum Gasteiger partial charge on any atom is 0.323 e. The van der Waals surface area contributed by atoms with Crippen molar-refractivity contribution in [3.8, 4) is 0 Å². The predicted molar refractivity (Wildman–Crippen MR) is 66.9 cm³/mol. The van der Waals surface area contributed by atoms with Crippen molar-refractivity contribution in [3.05, 3.63) is 0 Å². The van der Waals surface area contributed by atoms with E-state index in [9.17, 15) is 14.7 Å². The smallest absolute Gasteiger partial charge is 0.323 e. The van der Waals surface area contributed by atoms with E-state index >= 15 is 0 Å². The van der Waals surface area contributed by atoms with Crippen molar-refractivity contribution in [1.82, 2.24) is 0 Å². The zero-order chi connectivity index (χ0) is 14.2. The van der Waals surface area contributed by atoms with Gasteiger partial charge in [-0.15, -0.1) is 0 Å². The number of aliphatic hydroxyl groups excluding tert-OH is 1. The molecule has 0 rings (SSSR count). The van der Waals surface area contributed by atoms with Crippen molar-refractivity contribution in [2.45, 2.75) is 53.1 Å². The Bertz CT molecular complexity index is 257. The molecule has 0 aromatic heterocycles. The third-order valence-electron chi connectivity index (χ3n) is 2.99. The molecule has 0 aliphatic carbocycles. The number of aliphatic hydroxyl groups is 1. The van der Waals surface area contributed by atoms with Crippen molar-refractivity contribution < 1.29 is 24.2 Å². The standard InChI is InChI=1S/C13H24O5/c1-5-10(14)9-13(6-2,11(15)17-7-3)12(16)18-8-4/h10,14H,5-9H2,1-4H3. The molecule has 18 heavy (non-hydrogen) atoms. The van der Waals surface area contributed by atoms with Gasteiger partial charge in [-0.3, -0.25) is 9.59 Å². The first-order chi connectivity index (χ1) is 8.48. The van der Waals surface area contributed by atoms with Crippen LogP contribution >= 0.6 is 0 Å². The van der Waals surface area contributed by atoms with E-state index in [-0.39, 0.29) is 26.1 Å². The molecule has 1 N–H and O–H groups in total. The van der Waals surface area contributed by atoms with E-state index in [1.54, 1.807) is 27.7 Å². The quantitative estimate of drug-likeness (QED) is 0.531. The fourth-order valence-corrected chi connectivity index (χ4v) is 1.77. The highest BCUT2D eigenvalue weighted by atomic mass is 16.6. The van der Waals surface area contributed by atoms with Crippen LogP contribution in [-0.4, -0.2) is 36.4 Å². The first kappa shape index (κ1) is 16.9. The Hall–Kier alpha value is -1.10. The Labute approximate surface area is 108 Å². The van der Waals surface area contributed by atoms with Gasteiger partial charge in [-0.2, -0.15) is 0 Å². The largest absolute Gasteiger partial charge is 0.465 e. The molecule has 0 heterocycles. The van der Waals surface area contributed by atoms with Crippen LogP contribution in [0.2, 0.25) is 0 Å². The molecule has 0 aromatic carbocycles. The molecule has 0 fully saturated rings. The van der Waals surface area contributed by atoms with E-state index in [2.05, 4.69) is 0 Å². The third-order valence-corrected chi connectivity index (χ3v) is 2.99. The van der Waals surface area contributed by atoms with Gasteiger partial charge in [-0.25, -0.2) is 0 Å². The summed E-state index contributed by atoms with van der Waals surface area (Å²) in [6.45, 7) is 7.27. The van der Waals surface area contributed by atoms with Crippen molar-refractivity contribution >= 4 is 11.9 Å². The average Bonchev–Trinajstić information content (AvgIpc) is 2.36. The Morgan fingerprint density at radius 2 is 1.50 bits per heavy atom. The minimum Gasteiger partial charge on any atom is -0.465 e. The van der Waals surface area contributed by atoms with E-state index in [1.807, 2.05) is 0 Å². The summed E-state index contributed by atoms with van der Waals surface area (Å²) in [6, 6.07) is 0. The summed E-state index contributed by atoms with van der Waals surface area (Å²) in [4.78, 5) is 24.1. The molecule has 5 nitrogen and oxygen atoms in total. The fraction of sp³-hybridized carbons (Fsp3) is 0.846. The summed E-state index contributed by atoms with van der Waals surface area (Å²) in [6.07, 6.45) is 0.0405. The zero-order valence-corrected chi connectivity index (χ0v) is 11.7. The van der Waals surface area contributed by atoms with E-state index in [0.717, 1.165) is 0 Å². The van der Waals surface area contributed by atoms with Crippen LogP contribution in [-0.2, 0) is 19.1 Å². The fourth-order valence-electron chi connectivity index (χ4n) is 1.77. The lowest BCUT2D eigenvalue weighted by molar-refractivity contribution is -0.175. The van der Waals surface area contributed by atoms with Crippen molar-refractivity contribution in [2.24, 2.45) is 5.41 Å². The monoisotopic (exact) mass is 260 g/mol. The second-order valence-electron chi connectivity index (χ2n) is 4.14. The maximum absolute atomic E-state index is 12.0. The molecule has 0 aliphatic heterocycles. The van der Waals surface area contributed by atoms with Gasteiger partial charge in [-0.05, 0) is 26.7 Å². The lowest BCUT2D eigenvalue weighted by Crippen LogP contribution is -2.44. The summed E-state index contributed by atoms with van der Waals surface area (Å²) in [5.74, 6) is -1.23. The Morgan fingerprint density at radius 3 is 1.78 bits per heavy atom. The molecular weight excluding hydrogens is 236 g/mol. The second-order valence-corrected chi connectivity index (χ2v) is 4.14. The number of ether oxygens (including phenoxy) is 2. The average molecular weight is 260 g/mol. The lowest BCUT2D eigenvalue weighted by atomic mass is 9.79. The van der Waals surface area contributed by atoms with Gasteiger partial charge in [0.05, 0.1) is 19.3 Å². The highest BCUT2D eigenvalue weighted by molar-refractivity contribution is 6.00. The molecule has 0 radical (unpaired) electrons. The summed E-state index contributed by atoms with van der Waals surface area (Å²) in [5.41, 5.74) is -1.39. The molecule has 0 aliphatic rings. The lowest BCUT2D eigenvalue weighted by Gasteiger charge is -2.29. The summed E-state index contributed by atoms with van der Waals surface area (Å²) < 4.78 is 9.92. The van der Waals surface area contributed by atoms with E-state index in [1.165, 1.54) is 0 Å². The van der Waals surface area contributed by atoms with Gasteiger partial charge >= 0.3 is 11.9 Å². The molecule has 5 heteroatoms. The number of hydrogen-bond acceptors (Lipinski definition) is 5. The first-order valence-electron chi connectivity index (χ1n) is 6.50. The number of hydrogen-bond donors (Lipinski definition) is 1. The maximum atomic E-state index is 12.0. The normalized spacial score (nSPS) is 12.9. The SMILES string of the molecule is CCOC(=O)C(CC)(CC(O)CC)C(=O)OCC. The van der Waals surface area contributed by atoms with Crippen LogP contribution in [0.5, 0.6) is 0 Å². The molecule has 106 valence electrons. The van der Waals surface area contributed by atoms with Crippen LogP contribution in [0.4, 0.5) is 0 Å². The molecule has 0 saturated heterocycles. The van der Waals surface area contributed by atoms with E-state index in [4.69, 9.17) is 9.47 Å². The first-order valence-corrected chi connectivity index (χ1v) is 6.50. The van der Waals surface area contributed by atoms with Gasteiger partial charge in [0.15, 0.2) is 5.41 Å². The van der Waals surface area contributed by atoms with Gasteiger partial charge in [0.25, 0.3) is 0 Å². The van der Waals surface area contributed by atoms with Crippen LogP contribution in [0, 0.1) is 5.41 Å². The van der Waals surface area contributed by atoms with Gasteiger partial charge in [0.1, 0.15) is 0 Å². The Kier molecular flexibility index (Phi) is 7.59. The molecule has 0 saturated carbocycles. The van der Waals surface area contributed by atoms with E-state index in [0.29, 0.717) is 6.42 Å². The van der Waals surface area contributed by atoms with Gasteiger partial charge in [-0.1, -0.05) is 13.8 Å². The topological polar surface area (TPSA) is 72.8 Å². The summed E-state index contributed by atoms with van der Waals surface area (Å²) in [5, 5.41) is 9.74. The highest BCUT2D eigenvalue weighted by Crippen LogP contribution is 2.32. The van der Waals surface area contributed by atoms with Crippen LogP contribution in [0.15, 0.2) is 0 Å². The molecule has 1 unspecified atom stereocenters. The zero-order valence-electron chi connectivity index (χ0n) is 11.7. The number of rotatable bonds is 8. The molecule has 0 amide bonds. The molecule has 0 spiro atoms. The van der Waals surface area contributed by atoms with Crippen molar-refractivity contribution in [2.75, 3.05) is 13.2 Å². The van der Waals surface area contributed by atoms with E-state index < -0.39 is 23.5 Å². The summed E-state index contributed by atoms with van der Waals surface area (Å²) in [7, 11) is 0. The molecule has 0 aromatic rings. The molecule has 0 bridgehead atoms. The predicted octanol–water partition coefficient (Wildman–Crippen LogP) is 1.67. The van der Waals surface area contributed by atoms with Crippen LogP contribution in [0.25, 0.3) is 0 Å². The number of carbonyl (C=O) groups excluding carboxylic acids is 2. The van der Waals surface area contributed by atoms with Gasteiger partial charge < -0.3 is 14.6 Å². The number of esters is 2. The Balaban J connectivity index is 5.18. The van der Waals surface area contributed by atoms with Crippen molar-refractivity contribution in [3.63, 3.8) is 0 Å².